The number of likely N-dealkylation sites (N-methyl/N-ethyl adjacent to an activating group) is 2. The van der Waals surface area contributed by atoms with Gasteiger partial charge in [0, 0.05) is 48.4 Å². The number of nitrogens with zero attached hydrogens (tertiary/aromatic N) is 2. The zero-order chi connectivity index (χ0) is 50.2. The third-order valence-corrected chi connectivity index (χ3v) is 13.0. The quantitative estimate of drug-likeness (QED) is 0.106. The molecule has 0 aliphatic carbocycles. The van der Waals surface area contributed by atoms with Gasteiger partial charge < -0.3 is 52.3 Å². The first-order valence-corrected chi connectivity index (χ1v) is 23.4. The van der Waals surface area contributed by atoms with Crippen molar-refractivity contribution in [2.24, 2.45) is 22.7 Å². The molecule has 8 amide bonds. The zero-order valence-electron chi connectivity index (χ0n) is 42.2. The van der Waals surface area contributed by atoms with Crippen LogP contribution in [-0.2, 0) is 28.8 Å². The Morgan fingerprint density at radius 2 is 0.879 bits per heavy atom. The SMILES string of the molecule is CNC(C)C(=O)NC(C(=O)N1CC(NC(=O)c2cccc(C(=O)NC3CC(C(=O)NC(C)C(C)C)N(C(=O)C(NC(=O)C(C)NC)C(C)(C)C)C3)c2)CC1C(=O)NC(C)C(C)C)C(C)(C)C. The molecule has 0 aromatic heterocycles. The van der Waals surface area contributed by atoms with E-state index in [1.807, 2.05) is 83.1 Å². The van der Waals surface area contributed by atoms with Crippen molar-refractivity contribution in [1.29, 1.82) is 0 Å². The maximum atomic E-state index is 14.4. The highest BCUT2D eigenvalue weighted by atomic mass is 16.2. The van der Waals surface area contributed by atoms with Crippen molar-refractivity contribution in [3.8, 4) is 0 Å². The number of hydrogen-bond donors (Lipinski definition) is 8. The molecule has 0 spiro atoms. The Morgan fingerprint density at radius 3 is 1.17 bits per heavy atom. The van der Waals surface area contributed by atoms with E-state index in [9.17, 15) is 38.4 Å². The molecule has 3 rings (SSSR count). The molecule has 2 saturated heterocycles. The van der Waals surface area contributed by atoms with Gasteiger partial charge in [0.15, 0.2) is 0 Å². The van der Waals surface area contributed by atoms with Crippen LogP contribution < -0.4 is 42.5 Å². The molecule has 2 heterocycles. The summed E-state index contributed by atoms with van der Waals surface area (Å²) < 4.78 is 0. The summed E-state index contributed by atoms with van der Waals surface area (Å²) in [6.45, 7) is 26.0. The predicted molar refractivity (Wildman–Crippen MR) is 254 cm³/mol. The molecular formula is C48H80N10O8. The van der Waals surface area contributed by atoms with Gasteiger partial charge >= 0.3 is 0 Å². The molecule has 1 aromatic rings. The van der Waals surface area contributed by atoms with Gasteiger partial charge in [-0.1, -0.05) is 75.3 Å². The summed E-state index contributed by atoms with van der Waals surface area (Å²) in [4.78, 5) is 113. The van der Waals surface area contributed by atoms with Crippen LogP contribution >= 0.6 is 0 Å². The van der Waals surface area contributed by atoms with Crippen LogP contribution in [-0.4, -0.2) is 145 Å². The highest BCUT2D eigenvalue weighted by molar-refractivity contribution is 6.01. The van der Waals surface area contributed by atoms with Crippen LogP contribution in [0.15, 0.2) is 24.3 Å². The second kappa shape index (κ2) is 23.1. The number of amides is 8. The highest BCUT2D eigenvalue weighted by Crippen LogP contribution is 2.29. The summed E-state index contributed by atoms with van der Waals surface area (Å²) in [5, 5.41) is 23.5. The number of likely N-dealkylation sites (tertiary alicyclic amines) is 2. The van der Waals surface area contributed by atoms with Gasteiger partial charge in [-0.25, -0.2) is 0 Å². The lowest BCUT2D eigenvalue weighted by molar-refractivity contribution is -0.144. The summed E-state index contributed by atoms with van der Waals surface area (Å²) in [6.07, 6.45) is 0.226. The topological polar surface area (TPSA) is 239 Å². The van der Waals surface area contributed by atoms with Crippen LogP contribution in [0.2, 0.25) is 0 Å². The second-order valence-corrected chi connectivity index (χ2v) is 21.1. The van der Waals surface area contributed by atoms with Gasteiger partial charge in [0.25, 0.3) is 11.8 Å². The van der Waals surface area contributed by atoms with E-state index in [0.29, 0.717) is 0 Å². The number of rotatable bonds is 18. The third kappa shape index (κ3) is 14.4. The van der Waals surface area contributed by atoms with Gasteiger partial charge in [0.05, 0.1) is 12.1 Å². The van der Waals surface area contributed by atoms with Crippen LogP contribution in [0.3, 0.4) is 0 Å². The van der Waals surface area contributed by atoms with E-state index in [2.05, 4.69) is 42.5 Å². The van der Waals surface area contributed by atoms with Crippen molar-refractivity contribution in [3.05, 3.63) is 35.4 Å². The number of carbonyl (C=O) groups is 8. The van der Waals surface area contributed by atoms with Crippen LogP contribution in [0.1, 0.15) is 130 Å². The van der Waals surface area contributed by atoms with Gasteiger partial charge in [-0.15, -0.1) is 0 Å². The molecule has 0 radical (unpaired) electrons. The number of hydrogen-bond acceptors (Lipinski definition) is 10. The monoisotopic (exact) mass is 925 g/mol. The van der Waals surface area contributed by atoms with Crippen LogP contribution in [0.5, 0.6) is 0 Å². The summed E-state index contributed by atoms with van der Waals surface area (Å²) >= 11 is 0. The first-order valence-electron chi connectivity index (χ1n) is 23.4. The van der Waals surface area contributed by atoms with Crippen LogP contribution in [0.25, 0.3) is 0 Å². The molecule has 370 valence electrons. The molecular weight excluding hydrogens is 845 g/mol. The molecule has 18 nitrogen and oxygen atoms in total. The number of carbonyl (C=O) groups excluding carboxylic acids is 8. The van der Waals surface area contributed by atoms with Gasteiger partial charge in [-0.05, 0) is 95.5 Å². The fourth-order valence-electron chi connectivity index (χ4n) is 7.60. The molecule has 8 N–H and O–H groups in total. The molecule has 10 unspecified atom stereocenters. The Labute approximate surface area is 392 Å². The Balaban J connectivity index is 1.87. The number of benzene rings is 1. The minimum Gasteiger partial charge on any atom is -0.352 e. The van der Waals surface area contributed by atoms with Crippen molar-refractivity contribution in [2.45, 2.75) is 170 Å². The average Bonchev–Trinajstić information content (AvgIpc) is 3.87. The van der Waals surface area contributed by atoms with Crippen molar-refractivity contribution in [1.82, 2.24) is 52.3 Å². The molecule has 2 aliphatic rings. The van der Waals surface area contributed by atoms with E-state index in [-0.39, 0.29) is 84.6 Å². The molecule has 66 heavy (non-hydrogen) atoms. The van der Waals surface area contributed by atoms with Crippen molar-refractivity contribution < 1.29 is 38.4 Å². The van der Waals surface area contributed by atoms with Gasteiger partial charge in [-0.2, -0.15) is 0 Å². The Hall–Kier alpha value is -5.10. The Morgan fingerprint density at radius 1 is 0.545 bits per heavy atom. The average molecular weight is 925 g/mol. The van der Waals surface area contributed by atoms with Crippen molar-refractivity contribution in [2.75, 3.05) is 27.2 Å². The smallest absolute Gasteiger partial charge is 0.251 e. The van der Waals surface area contributed by atoms with Gasteiger partial charge in [0.2, 0.25) is 35.4 Å². The lowest BCUT2D eigenvalue weighted by atomic mass is 9.85. The van der Waals surface area contributed by atoms with Gasteiger partial charge in [0.1, 0.15) is 24.2 Å². The Kier molecular flexibility index (Phi) is 19.3. The minimum atomic E-state index is -0.977. The predicted octanol–water partition coefficient (Wildman–Crippen LogP) is 1.68. The van der Waals surface area contributed by atoms with Crippen molar-refractivity contribution >= 4 is 47.3 Å². The summed E-state index contributed by atoms with van der Waals surface area (Å²) in [5.41, 5.74) is -1.13. The maximum absolute atomic E-state index is 14.4. The lowest BCUT2D eigenvalue weighted by Gasteiger charge is -2.36. The van der Waals surface area contributed by atoms with Gasteiger partial charge in [-0.3, -0.25) is 38.4 Å². The lowest BCUT2D eigenvalue weighted by Crippen LogP contribution is -2.60. The van der Waals surface area contributed by atoms with Crippen molar-refractivity contribution in [3.63, 3.8) is 0 Å². The van der Waals surface area contributed by atoms with E-state index in [1.165, 1.54) is 15.9 Å². The van der Waals surface area contributed by atoms with E-state index < -0.39 is 82.8 Å². The fourth-order valence-corrected chi connectivity index (χ4v) is 7.60. The number of nitrogens with one attached hydrogen (secondary N) is 8. The molecule has 2 aliphatic heterocycles. The Bertz CT molecular complexity index is 1790. The molecule has 0 saturated carbocycles. The molecule has 18 heteroatoms. The van der Waals surface area contributed by atoms with E-state index in [1.54, 1.807) is 46.1 Å². The third-order valence-electron chi connectivity index (χ3n) is 13.0. The van der Waals surface area contributed by atoms with E-state index in [4.69, 9.17) is 0 Å². The standard InChI is InChI=1S/C48H80N10O8/c1-25(2)27(5)51-43(63)35-21-33(23-57(35)45(65)37(47(9,10)11)55-39(59)29(7)49-15)53-41(61)31-18-17-19-32(20-31)42(62)54-34-22-36(44(64)52-28(6)26(3)4)58(24-34)46(66)38(48(12,13)14)56-40(60)30(8)50-16/h17-20,25-30,33-38,49-50H,21-24H2,1-16H3,(H,51,63)(H,52,64)(H,53,61)(H,54,62)(H,55,59)(H,56,60). The molecule has 0 bridgehead atoms. The molecule has 10 atom stereocenters. The molecule has 1 aromatic carbocycles. The van der Waals surface area contributed by atoms with E-state index in [0.717, 1.165) is 0 Å². The fraction of sp³-hybridized carbons (Fsp3) is 0.708. The minimum absolute atomic E-state index is 0.00120. The first-order chi connectivity index (χ1) is 30.5. The maximum Gasteiger partial charge on any atom is 0.251 e. The largest absolute Gasteiger partial charge is 0.352 e. The molecule has 2 fully saturated rings. The van der Waals surface area contributed by atoms with Crippen LogP contribution in [0, 0.1) is 22.7 Å². The first kappa shape index (κ1) is 55.2. The van der Waals surface area contributed by atoms with Crippen LogP contribution in [0.4, 0.5) is 0 Å². The summed E-state index contributed by atoms with van der Waals surface area (Å²) in [5.74, 6) is -3.21. The summed E-state index contributed by atoms with van der Waals surface area (Å²) in [6, 6.07) is -0.567. The normalized spacial score (nSPS) is 21.5. The van der Waals surface area contributed by atoms with E-state index >= 15 is 0 Å². The summed E-state index contributed by atoms with van der Waals surface area (Å²) in [7, 11) is 3.29. The zero-order valence-corrected chi connectivity index (χ0v) is 42.2. The highest BCUT2D eigenvalue weighted by Gasteiger charge is 2.47. The second-order valence-electron chi connectivity index (χ2n) is 21.1.